The van der Waals surface area contributed by atoms with Gasteiger partial charge in [-0.15, -0.1) is 0 Å². The lowest BCUT2D eigenvalue weighted by Crippen LogP contribution is -2.45. The minimum absolute atomic E-state index is 0.0160. The summed E-state index contributed by atoms with van der Waals surface area (Å²) in [6.45, 7) is 2.96. The lowest BCUT2D eigenvalue weighted by Gasteiger charge is -2.32. The number of nitrogens with one attached hydrogen (secondary N) is 2. The number of hydrogen-bond acceptors (Lipinski definition) is 5. The van der Waals surface area contributed by atoms with Gasteiger partial charge in [-0.05, 0) is 61.0 Å². The highest BCUT2D eigenvalue weighted by atomic mass is 16.5. The molecule has 2 N–H and O–H groups in total. The van der Waals surface area contributed by atoms with Gasteiger partial charge >= 0.3 is 0 Å². The summed E-state index contributed by atoms with van der Waals surface area (Å²) in [6, 6.07) is 18.0. The Bertz CT molecular complexity index is 888. The minimum atomic E-state index is -0.179. The third kappa shape index (κ3) is 6.62. The average Bonchev–Trinajstić information content (AvgIpc) is 2.81. The molecule has 1 fully saturated rings. The van der Waals surface area contributed by atoms with Gasteiger partial charge in [0.25, 0.3) is 5.91 Å². The number of hydrogen-bond donors (Lipinski definition) is 2. The summed E-state index contributed by atoms with van der Waals surface area (Å²) in [6.07, 6.45) is 9.36. The van der Waals surface area contributed by atoms with E-state index in [1.165, 1.54) is 5.56 Å². The number of allylic oxidation sites excluding steroid dienone is 2. The Morgan fingerprint density at radius 2 is 1.74 bits per heavy atom. The highest BCUT2D eigenvalue weighted by Crippen LogP contribution is 2.19. The minimum Gasteiger partial charge on any atom is -0.484 e. The lowest BCUT2D eigenvalue weighted by molar-refractivity contribution is -0.124. The molecule has 2 aromatic rings. The highest BCUT2D eigenvalue weighted by molar-refractivity contribution is 5.77. The fourth-order valence-corrected chi connectivity index (χ4v) is 3.76. The van der Waals surface area contributed by atoms with Crippen molar-refractivity contribution in [3.8, 4) is 11.5 Å². The number of nitrogens with zero attached hydrogens (tertiary/aromatic N) is 1. The van der Waals surface area contributed by atoms with Crippen LogP contribution < -0.4 is 20.1 Å². The second kappa shape index (κ2) is 10.7. The van der Waals surface area contributed by atoms with E-state index in [2.05, 4.69) is 39.8 Å². The fourth-order valence-electron chi connectivity index (χ4n) is 3.76. The molecular weight excluding hydrogens is 390 g/mol. The van der Waals surface area contributed by atoms with Crippen LogP contribution in [0.3, 0.4) is 0 Å². The molecule has 0 bridgehead atoms. The van der Waals surface area contributed by atoms with Gasteiger partial charge < -0.3 is 20.1 Å². The van der Waals surface area contributed by atoms with Crippen molar-refractivity contribution in [3.05, 3.63) is 84.6 Å². The van der Waals surface area contributed by atoms with Crippen molar-refractivity contribution in [1.82, 2.24) is 15.5 Å². The molecule has 6 nitrogen and oxygen atoms in total. The third-order valence-corrected chi connectivity index (χ3v) is 5.41. The first-order valence-electron chi connectivity index (χ1n) is 10.8. The van der Waals surface area contributed by atoms with Crippen molar-refractivity contribution in [2.75, 3.05) is 19.7 Å². The molecule has 0 saturated carbocycles. The van der Waals surface area contributed by atoms with Gasteiger partial charge in [-0.3, -0.25) is 9.69 Å². The zero-order valence-corrected chi connectivity index (χ0v) is 17.6. The van der Waals surface area contributed by atoms with E-state index in [1.807, 2.05) is 54.8 Å². The van der Waals surface area contributed by atoms with Crippen LogP contribution in [0.5, 0.6) is 11.5 Å². The average molecular weight is 420 g/mol. The van der Waals surface area contributed by atoms with E-state index in [0.29, 0.717) is 5.75 Å². The SMILES string of the molecule is O=C(COc1ccc(OC2C=CC=CN2)cc1)NC1CCN(Cc2ccccc2)CC1. The van der Waals surface area contributed by atoms with Crippen LogP contribution in [-0.4, -0.2) is 42.8 Å². The lowest BCUT2D eigenvalue weighted by atomic mass is 10.0. The maximum Gasteiger partial charge on any atom is 0.258 e. The Balaban J connectivity index is 1.14. The number of carbonyl (C=O) groups is 1. The Kier molecular flexibility index (Phi) is 7.24. The molecule has 162 valence electrons. The molecule has 1 atom stereocenters. The van der Waals surface area contributed by atoms with Crippen LogP contribution in [0.1, 0.15) is 18.4 Å². The largest absolute Gasteiger partial charge is 0.484 e. The Labute approximate surface area is 183 Å². The number of dihydropyridines is 1. The second-order valence-corrected chi connectivity index (χ2v) is 7.81. The normalized spacial score (nSPS) is 18.9. The van der Waals surface area contributed by atoms with Crippen LogP contribution in [0, 0.1) is 0 Å². The number of amides is 1. The first-order valence-corrected chi connectivity index (χ1v) is 10.8. The number of benzene rings is 2. The number of piperidine rings is 1. The molecule has 6 heteroatoms. The van der Waals surface area contributed by atoms with Crippen molar-refractivity contribution in [1.29, 1.82) is 0 Å². The summed E-state index contributed by atoms with van der Waals surface area (Å²) in [4.78, 5) is 14.7. The van der Waals surface area contributed by atoms with Gasteiger partial charge in [0.2, 0.25) is 0 Å². The van der Waals surface area contributed by atoms with Gasteiger partial charge in [-0.1, -0.05) is 36.4 Å². The summed E-state index contributed by atoms with van der Waals surface area (Å²) in [7, 11) is 0. The predicted octanol–water partition coefficient (Wildman–Crippen LogP) is 3.22. The van der Waals surface area contributed by atoms with E-state index in [4.69, 9.17) is 9.47 Å². The first kappa shape index (κ1) is 21.0. The molecule has 1 amide bonds. The first-order chi connectivity index (χ1) is 15.2. The molecule has 2 aromatic carbocycles. The Hall–Kier alpha value is -3.25. The molecule has 0 radical (unpaired) electrons. The zero-order chi connectivity index (χ0) is 21.3. The Morgan fingerprint density at radius 1 is 1.00 bits per heavy atom. The molecule has 1 unspecified atom stereocenters. The molecule has 4 rings (SSSR count). The molecule has 31 heavy (non-hydrogen) atoms. The summed E-state index contributed by atoms with van der Waals surface area (Å²) >= 11 is 0. The smallest absolute Gasteiger partial charge is 0.258 e. The van der Waals surface area contributed by atoms with Crippen molar-refractivity contribution >= 4 is 5.91 Å². The summed E-state index contributed by atoms with van der Waals surface area (Å²) in [5, 5.41) is 6.20. The van der Waals surface area contributed by atoms with Crippen molar-refractivity contribution in [3.63, 3.8) is 0 Å². The van der Waals surface area contributed by atoms with Gasteiger partial charge in [-0.25, -0.2) is 0 Å². The summed E-state index contributed by atoms with van der Waals surface area (Å²) in [5.74, 6) is 1.30. The number of rotatable bonds is 8. The van der Waals surface area contributed by atoms with E-state index in [9.17, 15) is 4.79 Å². The van der Waals surface area contributed by atoms with Crippen molar-refractivity contribution < 1.29 is 14.3 Å². The van der Waals surface area contributed by atoms with Crippen LogP contribution in [-0.2, 0) is 11.3 Å². The zero-order valence-electron chi connectivity index (χ0n) is 17.6. The van der Waals surface area contributed by atoms with Crippen LogP contribution in [0.25, 0.3) is 0 Å². The maximum atomic E-state index is 12.3. The molecule has 0 spiro atoms. The highest BCUT2D eigenvalue weighted by Gasteiger charge is 2.20. The van der Waals surface area contributed by atoms with E-state index in [1.54, 1.807) is 0 Å². The molecule has 0 aromatic heterocycles. The van der Waals surface area contributed by atoms with Crippen molar-refractivity contribution in [2.45, 2.75) is 31.7 Å². The maximum absolute atomic E-state index is 12.3. The third-order valence-electron chi connectivity index (χ3n) is 5.41. The van der Waals surface area contributed by atoms with E-state index >= 15 is 0 Å². The monoisotopic (exact) mass is 419 g/mol. The number of carbonyl (C=O) groups excluding carboxylic acids is 1. The van der Waals surface area contributed by atoms with Crippen LogP contribution >= 0.6 is 0 Å². The van der Waals surface area contributed by atoms with Crippen LogP contribution in [0.4, 0.5) is 0 Å². The predicted molar refractivity (Wildman–Crippen MR) is 121 cm³/mol. The Morgan fingerprint density at radius 3 is 2.45 bits per heavy atom. The van der Waals surface area contributed by atoms with Gasteiger partial charge in [0.05, 0.1) is 0 Å². The van der Waals surface area contributed by atoms with Crippen LogP contribution in [0.15, 0.2) is 79.0 Å². The fraction of sp³-hybridized carbons (Fsp3) is 0.320. The molecule has 2 heterocycles. The van der Waals surface area contributed by atoms with E-state index < -0.39 is 0 Å². The molecule has 0 aliphatic carbocycles. The summed E-state index contributed by atoms with van der Waals surface area (Å²) < 4.78 is 11.4. The number of likely N-dealkylation sites (tertiary alicyclic amines) is 1. The topological polar surface area (TPSA) is 62.8 Å². The van der Waals surface area contributed by atoms with E-state index in [0.717, 1.165) is 38.2 Å². The van der Waals surface area contributed by atoms with Gasteiger partial charge in [0, 0.05) is 25.7 Å². The number of ether oxygens (including phenoxy) is 2. The van der Waals surface area contributed by atoms with Gasteiger partial charge in [0.15, 0.2) is 12.8 Å². The summed E-state index contributed by atoms with van der Waals surface area (Å²) in [5.41, 5.74) is 1.33. The van der Waals surface area contributed by atoms with Crippen LogP contribution in [0.2, 0.25) is 0 Å². The second-order valence-electron chi connectivity index (χ2n) is 7.81. The quantitative estimate of drug-likeness (QED) is 0.688. The molecule has 1 saturated heterocycles. The molecule has 2 aliphatic rings. The standard InChI is InChI=1S/C25H29N3O3/c29-24(27-21-13-16-28(17-14-21)18-20-6-2-1-3-7-20)19-30-22-9-11-23(12-10-22)31-25-8-4-5-15-26-25/h1-12,15,21,25-26H,13-14,16-19H2,(H,27,29). The van der Waals surface area contributed by atoms with Gasteiger partial charge in [0.1, 0.15) is 11.5 Å². The molecular formula is C25H29N3O3. The van der Waals surface area contributed by atoms with E-state index in [-0.39, 0.29) is 24.8 Å². The van der Waals surface area contributed by atoms with Gasteiger partial charge in [-0.2, -0.15) is 0 Å². The van der Waals surface area contributed by atoms with Crippen molar-refractivity contribution in [2.24, 2.45) is 0 Å². The molecule has 2 aliphatic heterocycles.